The van der Waals surface area contributed by atoms with E-state index in [-0.39, 0.29) is 29.4 Å². The Balaban J connectivity index is 1.86. The van der Waals surface area contributed by atoms with Gasteiger partial charge in [-0.1, -0.05) is 18.2 Å². The summed E-state index contributed by atoms with van der Waals surface area (Å²) in [4.78, 5) is 22.9. The molecule has 27 heavy (non-hydrogen) atoms. The zero-order chi connectivity index (χ0) is 19.6. The van der Waals surface area contributed by atoms with Gasteiger partial charge in [-0.15, -0.1) is 0 Å². The van der Waals surface area contributed by atoms with Crippen molar-refractivity contribution in [2.45, 2.75) is 13.0 Å². The van der Waals surface area contributed by atoms with Gasteiger partial charge in [-0.25, -0.2) is 8.42 Å². The monoisotopic (exact) mass is 391 g/mol. The molecular formula is C17H17N3O6S. The van der Waals surface area contributed by atoms with Crippen LogP contribution >= 0.6 is 0 Å². The van der Waals surface area contributed by atoms with Crippen LogP contribution in [-0.4, -0.2) is 37.6 Å². The van der Waals surface area contributed by atoms with E-state index in [9.17, 15) is 23.3 Å². The number of carbonyl (C=O) groups is 1. The molecule has 1 aliphatic rings. The predicted molar refractivity (Wildman–Crippen MR) is 99.4 cm³/mol. The molecule has 2 aromatic rings. The lowest BCUT2D eigenvalue weighted by molar-refractivity contribution is -0.384. The Morgan fingerprint density at radius 3 is 2.74 bits per heavy atom. The smallest absolute Gasteiger partial charge is 0.271 e. The number of amides is 1. The van der Waals surface area contributed by atoms with Gasteiger partial charge in [0.1, 0.15) is 5.75 Å². The quantitative estimate of drug-likeness (QED) is 0.616. The molecular weight excluding hydrogens is 374 g/mol. The highest BCUT2D eigenvalue weighted by atomic mass is 32.2. The van der Waals surface area contributed by atoms with Crippen LogP contribution in [0.2, 0.25) is 0 Å². The molecule has 0 spiro atoms. The molecule has 0 saturated carbocycles. The fraction of sp³-hybridized carbons (Fsp3) is 0.235. The number of non-ortho nitro benzene ring substituents is 1. The van der Waals surface area contributed by atoms with Gasteiger partial charge in [-0.05, 0) is 25.1 Å². The second-order valence-corrected chi connectivity index (χ2v) is 7.98. The number of ether oxygens (including phenoxy) is 1. The molecule has 0 saturated heterocycles. The summed E-state index contributed by atoms with van der Waals surface area (Å²) in [6, 6.07) is 12.0. The molecule has 3 rings (SSSR count). The highest BCUT2D eigenvalue weighted by molar-refractivity contribution is 7.92. The summed E-state index contributed by atoms with van der Waals surface area (Å²) in [5.74, 6) is -0.443. The minimum absolute atomic E-state index is 0.124. The van der Waals surface area contributed by atoms with Crippen molar-refractivity contribution in [2.75, 3.05) is 21.9 Å². The molecule has 0 fully saturated rings. The van der Waals surface area contributed by atoms with Gasteiger partial charge < -0.3 is 10.1 Å². The third-order valence-corrected chi connectivity index (χ3v) is 5.80. The first-order valence-corrected chi connectivity index (χ1v) is 9.74. The van der Waals surface area contributed by atoms with Gasteiger partial charge in [0.15, 0.2) is 6.10 Å². The normalized spacial score (nSPS) is 16.2. The van der Waals surface area contributed by atoms with Crippen molar-refractivity contribution in [2.24, 2.45) is 0 Å². The van der Waals surface area contributed by atoms with Gasteiger partial charge >= 0.3 is 0 Å². The van der Waals surface area contributed by atoms with Gasteiger partial charge in [0.25, 0.3) is 11.6 Å². The second kappa shape index (κ2) is 7.23. The minimum atomic E-state index is -3.61. The number of anilines is 2. The molecule has 10 heteroatoms. The number of rotatable bonds is 5. The van der Waals surface area contributed by atoms with E-state index in [4.69, 9.17) is 4.74 Å². The van der Waals surface area contributed by atoms with E-state index in [1.807, 2.05) is 0 Å². The maximum absolute atomic E-state index is 12.6. The molecule has 142 valence electrons. The van der Waals surface area contributed by atoms with Gasteiger partial charge in [0.05, 0.1) is 22.9 Å². The highest BCUT2D eigenvalue weighted by Gasteiger charge is 2.36. The van der Waals surface area contributed by atoms with Crippen molar-refractivity contribution in [1.29, 1.82) is 0 Å². The van der Waals surface area contributed by atoms with E-state index >= 15 is 0 Å². The van der Waals surface area contributed by atoms with Crippen LogP contribution in [0.15, 0.2) is 48.5 Å². The number of sulfonamides is 1. The molecule has 0 radical (unpaired) electrons. The van der Waals surface area contributed by atoms with Crippen LogP contribution in [0.3, 0.4) is 0 Å². The van der Waals surface area contributed by atoms with E-state index in [0.29, 0.717) is 5.69 Å². The van der Waals surface area contributed by atoms with Crippen molar-refractivity contribution in [3.63, 3.8) is 0 Å². The molecule has 1 N–H and O–H groups in total. The molecule has 0 aliphatic carbocycles. The van der Waals surface area contributed by atoms with Crippen LogP contribution < -0.4 is 14.4 Å². The van der Waals surface area contributed by atoms with Crippen LogP contribution in [0, 0.1) is 10.1 Å². The van der Waals surface area contributed by atoms with Crippen LogP contribution in [0.25, 0.3) is 0 Å². The molecule has 9 nitrogen and oxygen atoms in total. The Morgan fingerprint density at radius 2 is 2.04 bits per heavy atom. The molecule has 0 bridgehead atoms. The third kappa shape index (κ3) is 3.85. The van der Waals surface area contributed by atoms with Crippen LogP contribution in [0.5, 0.6) is 5.75 Å². The van der Waals surface area contributed by atoms with Crippen molar-refractivity contribution < 1.29 is 22.9 Å². The van der Waals surface area contributed by atoms with Gasteiger partial charge in [0.2, 0.25) is 10.0 Å². The number of fused-ring (bicyclic) bond motifs is 1. The zero-order valence-electron chi connectivity index (χ0n) is 14.4. The van der Waals surface area contributed by atoms with Gasteiger partial charge in [-0.3, -0.25) is 19.2 Å². The summed E-state index contributed by atoms with van der Waals surface area (Å²) < 4.78 is 31.7. The number of carbonyl (C=O) groups excluding carboxylic acids is 1. The first-order valence-electron chi connectivity index (χ1n) is 8.13. The summed E-state index contributed by atoms with van der Waals surface area (Å²) in [5, 5.41) is 13.4. The summed E-state index contributed by atoms with van der Waals surface area (Å²) in [6.07, 6.45) is -1.10. The lowest BCUT2D eigenvalue weighted by Crippen LogP contribution is -2.49. The molecule has 0 unspecified atom stereocenters. The predicted octanol–water partition coefficient (Wildman–Crippen LogP) is 2.15. The Hall–Kier alpha value is -3.14. The number of nitro groups is 1. The Kier molecular flexibility index (Phi) is 5.00. The van der Waals surface area contributed by atoms with Crippen molar-refractivity contribution in [3.05, 3.63) is 58.6 Å². The SMILES string of the molecule is CCS(=O)(=O)N1C[C@@H](C(=O)Nc2cccc([N+](=O)[O-])c2)Oc2ccccc21. The molecule has 1 aliphatic heterocycles. The number of hydrogen-bond donors (Lipinski definition) is 1. The van der Waals surface area contributed by atoms with Gasteiger partial charge in [-0.2, -0.15) is 0 Å². The van der Waals surface area contributed by atoms with Crippen molar-refractivity contribution in [3.8, 4) is 5.75 Å². The molecule has 1 atom stereocenters. The average molecular weight is 391 g/mol. The zero-order valence-corrected chi connectivity index (χ0v) is 15.2. The van der Waals surface area contributed by atoms with Crippen molar-refractivity contribution in [1.82, 2.24) is 0 Å². The Labute approximate surface area is 155 Å². The third-order valence-electron chi connectivity index (χ3n) is 4.05. The van der Waals surface area contributed by atoms with Crippen LogP contribution in [0.1, 0.15) is 6.92 Å². The summed E-state index contributed by atoms with van der Waals surface area (Å²) >= 11 is 0. The van der Waals surface area contributed by atoms with E-state index in [1.165, 1.54) is 31.2 Å². The number of benzene rings is 2. The second-order valence-electron chi connectivity index (χ2n) is 5.80. The first-order chi connectivity index (χ1) is 12.8. The fourth-order valence-corrected chi connectivity index (χ4v) is 3.80. The van der Waals surface area contributed by atoms with E-state index in [1.54, 1.807) is 24.3 Å². The van der Waals surface area contributed by atoms with E-state index in [2.05, 4.69) is 5.32 Å². The average Bonchev–Trinajstić information content (AvgIpc) is 2.67. The molecule has 2 aromatic carbocycles. The van der Waals surface area contributed by atoms with E-state index in [0.717, 1.165) is 4.31 Å². The Morgan fingerprint density at radius 1 is 1.30 bits per heavy atom. The number of hydrogen-bond acceptors (Lipinski definition) is 6. The lowest BCUT2D eigenvalue weighted by Gasteiger charge is -2.34. The highest BCUT2D eigenvalue weighted by Crippen LogP contribution is 2.35. The largest absolute Gasteiger partial charge is 0.476 e. The minimum Gasteiger partial charge on any atom is -0.476 e. The molecule has 1 amide bonds. The van der Waals surface area contributed by atoms with E-state index < -0.39 is 27.0 Å². The number of nitro benzene ring substituents is 1. The van der Waals surface area contributed by atoms with Crippen molar-refractivity contribution >= 4 is 33.0 Å². The van der Waals surface area contributed by atoms with Crippen LogP contribution in [-0.2, 0) is 14.8 Å². The summed E-state index contributed by atoms with van der Waals surface area (Å²) in [7, 11) is -3.61. The number of para-hydroxylation sites is 2. The number of nitrogens with one attached hydrogen (secondary N) is 1. The van der Waals surface area contributed by atoms with Gasteiger partial charge in [0, 0.05) is 17.8 Å². The maximum Gasteiger partial charge on any atom is 0.271 e. The first kappa shape index (κ1) is 18.6. The summed E-state index contributed by atoms with van der Waals surface area (Å²) in [5.41, 5.74) is 0.429. The summed E-state index contributed by atoms with van der Waals surface area (Å²) in [6.45, 7) is 1.33. The molecule has 1 heterocycles. The lowest BCUT2D eigenvalue weighted by atomic mass is 10.2. The number of nitrogens with zero attached hydrogens (tertiary/aromatic N) is 2. The maximum atomic E-state index is 12.6. The fourth-order valence-electron chi connectivity index (χ4n) is 2.68. The topological polar surface area (TPSA) is 119 Å². The molecule has 0 aromatic heterocycles. The van der Waals surface area contributed by atoms with Crippen LogP contribution in [0.4, 0.5) is 17.1 Å². The standard InChI is InChI=1S/C17H17N3O6S/c1-2-27(24,25)19-11-16(26-15-9-4-3-8-14(15)19)17(21)18-12-6-5-7-13(10-12)20(22)23/h3-10,16H,2,11H2,1H3,(H,18,21)/t16-/m0/s1. The Bertz CT molecular complexity index is 992.